The van der Waals surface area contributed by atoms with Gasteiger partial charge in [0.1, 0.15) is 5.82 Å². The van der Waals surface area contributed by atoms with Gasteiger partial charge in [0.25, 0.3) is 0 Å². The highest BCUT2D eigenvalue weighted by molar-refractivity contribution is 5.76. The Labute approximate surface area is 151 Å². The van der Waals surface area contributed by atoms with E-state index in [9.17, 15) is 9.18 Å². The highest BCUT2D eigenvalue weighted by Gasteiger charge is 2.36. The highest BCUT2D eigenvalue weighted by Crippen LogP contribution is 2.29. The van der Waals surface area contributed by atoms with Crippen molar-refractivity contribution in [3.05, 3.63) is 47.5 Å². The summed E-state index contributed by atoms with van der Waals surface area (Å²) in [6.45, 7) is 3.13. The van der Waals surface area contributed by atoms with Crippen LogP contribution in [-0.4, -0.2) is 51.5 Å². The molecule has 0 radical (unpaired) electrons. The zero-order valence-electron chi connectivity index (χ0n) is 14.5. The van der Waals surface area contributed by atoms with Crippen molar-refractivity contribution in [2.45, 2.75) is 38.1 Å². The van der Waals surface area contributed by atoms with E-state index >= 15 is 0 Å². The Morgan fingerprint density at radius 1 is 1.38 bits per heavy atom. The van der Waals surface area contributed by atoms with Crippen molar-refractivity contribution in [1.82, 2.24) is 25.2 Å². The van der Waals surface area contributed by atoms with Crippen LogP contribution in [0.2, 0.25) is 0 Å². The minimum Gasteiger partial charge on any atom is -0.370 e. The normalized spacial score (nSPS) is 22.5. The van der Waals surface area contributed by atoms with Crippen molar-refractivity contribution in [1.29, 1.82) is 0 Å². The van der Waals surface area contributed by atoms with Crippen LogP contribution in [0.1, 0.15) is 30.1 Å². The molecule has 2 aromatic rings. The van der Waals surface area contributed by atoms with Crippen LogP contribution in [-0.2, 0) is 22.7 Å². The first-order chi connectivity index (χ1) is 12.7. The number of nitrogens with one attached hydrogen (secondary N) is 1. The molecule has 1 N–H and O–H groups in total. The molecule has 1 aromatic carbocycles. The van der Waals surface area contributed by atoms with Gasteiger partial charge in [-0.25, -0.2) is 9.07 Å². The zero-order chi connectivity index (χ0) is 17.9. The lowest BCUT2D eigenvalue weighted by molar-refractivity contribution is -0.122. The minimum absolute atomic E-state index is 0.0725. The molecule has 0 spiro atoms. The van der Waals surface area contributed by atoms with Crippen LogP contribution in [0.25, 0.3) is 0 Å². The maximum Gasteiger partial charge on any atom is 0.221 e. The van der Waals surface area contributed by atoms with Gasteiger partial charge in [0, 0.05) is 38.2 Å². The Balaban J connectivity index is 1.26. The third-order valence-corrected chi connectivity index (χ3v) is 5.10. The molecule has 0 bridgehead atoms. The summed E-state index contributed by atoms with van der Waals surface area (Å²) in [5, 5.41) is 11.0. The molecule has 1 aromatic heterocycles. The number of hydrogen-bond donors (Lipinski definition) is 1. The van der Waals surface area contributed by atoms with Crippen LogP contribution in [0.5, 0.6) is 0 Å². The van der Waals surface area contributed by atoms with Gasteiger partial charge in [0.15, 0.2) is 0 Å². The summed E-state index contributed by atoms with van der Waals surface area (Å²) in [5.41, 5.74) is 1.50. The summed E-state index contributed by atoms with van der Waals surface area (Å²) >= 11 is 0. The number of fused-ring (bicyclic) bond motifs is 3. The van der Waals surface area contributed by atoms with Crippen molar-refractivity contribution in [3.8, 4) is 0 Å². The SMILES string of the molecule is O=C(CCN1CCC2OCc3cnnn3C2C1)NCc1ccccc1F. The number of carbonyl (C=O) groups excluding carboxylic acids is 1. The average molecular weight is 359 g/mol. The van der Waals surface area contributed by atoms with Gasteiger partial charge in [0.2, 0.25) is 5.91 Å². The maximum atomic E-state index is 13.6. The number of likely N-dealkylation sites (tertiary alicyclic amines) is 1. The molecule has 1 saturated heterocycles. The summed E-state index contributed by atoms with van der Waals surface area (Å²) < 4.78 is 21.4. The van der Waals surface area contributed by atoms with Gasteiger partial charge in [0.05, 0.1) is 30.6 Å². The Morgan fingerprint density at radius 2 is 2.27 bits per heavy atom. The molecule has 26 heavy (non-hydrogen) atoms. The molecular formula is C18H22FN5O2. The van der Waals surface area contributed by atoms with Crippen LogP contribution in [0, 0.1) is 5.82 Å². The number of piperidine rings is 1. The fraction of sp³-hybridized carbons (Fsp3) is 0.500. The van der Waals surface area contributed by atoms with Crippen LogP contribution in [0.3, 0.4) is 0 Å². The first-order valence-corrected chi connectivity index (χ1v) is 8.94. The minimum atomic E-state index is -0.296. The van der Waals surface area contributed by atoms with E-state index in [0.29, 0.717) is 25.1 Å². The van der Waals surface area contributed by atoms with Gasteiger partial charge >= 0.3 is 0 Å². The molecule has 2 atom stereocenters. The smallest absolute Gasteiger partial charge is 0.221 e. The lowest BCUT2D eigenvalue weighted by Crippen LogP contribution is -2.48. The second kappa shape index (κ2) is 7.51. The Hall–Kier alpha value is -2.32. The summed E-state index contributed by atoms with van der Waals surface area (Å²) in [6.07, 6.45) is 3.21. The van der Waals surface area contributed by atoms with E-state index in [0.717, 1.165) is 25.2 Å². The van der Waals surface area contributed by atoms with Gasteiger partial charge in [-0.05, 0) is 12.5 Å². The largest absolute Gasteiger partial charge is 0.370 e. The number of rotatable bonds is 5. The van der Waals surface area contributed by atoms with Crippen molar-refractivity contribution in [2.75, 3.05) is 19.6 Å². The molecule has 1 amide bonds. The second-order valence-corrected chi connectivity index (χ2v) is 6.79. The monoisotopic (exact) mass is 359 g/mol. The molecule has 138 valence electrons. The number of benzene rings is 1. The van der Waals surface area contributed by atoms with Crippen molar-refractivity contribution >= 4 is 5.91 Å². The number of nitrogens with zero attached hydrogens (tertiary/aromatic N) is 4. The summed E-state index contributed by atoms with van der Waals surface area (Å²) in [7, 11) is 0. The molecule has 2 unspecified atom stereocenters. The predicted molar refractivity (Wildman–Crippen MR) is 91.6 cm³/mol. The van der Waals surface area contributed by atoms with Crippen LogP contribution >= 0.6 is 0 Å². The fourth-order valence-corrected chi connectivity index (χ4v) is 3.63. The van der Waals surface area contributed by atoms with Crippen LogP contribution in [0.15, 0.2) is 30.5 Å². The molecule has 0 saturated carbocycles. The Kier molecular flexibility index (Phi) is 4.94. The second-order valence-electron chi connectivity index (χ2n) is 6.79. The summed E-state index contributed by atoms with van der Waals surface area (Å²) in [4.78, 5) is 14.4. The van der Waals surface area contributed by atoms with E-state index in [4.69, 9.17) is 4.74 Å². The number of hydrogen-bond acceptors (Lipinski definition) is 5. The topological polar surface area (TPSA) is 72.3 Å². The Morgan fingerprint density at radius 3 is 3.15 bits per heavy atom. The van der Waals surface area contributed by atoms with E-state index in [-0.39, 0.29) is 30.4 Å². The van der Waals surface area contributed by atoms with Gasteiger partial charge in [-0.1, -0.05) is 23.4 Å². The molecule has 0 aliphatic carbocycles. The van der Waals surface area contributed by atoms with Crippen molar-refractivity contribution < 1.29 is 13.9 Å². The number of halogens is 1. The summed E-state index contributed by atoms with van der Waals surface area (Å²) in [6, 6.07) is 6.63. The fourth-order valence-electron chi connectivity index (χ4n) is 3.63. The third kappa shape index (κ3) is 3.61. The van der Waals surface area contributed by atoms with Crippen molar-refractivity contribution in [3.63, 3.8) is 0 Å². The van der Waals surface area contributed by atoms with E-state index in [2.05, 4.69) is 20.5 Å². The van der Waals surface area contributed by atoms with E-state index in [1.807, 2.05) is 4.68 Å². The zero-order valence-corrected chi connectivity index (χ0v) is 14.5. The lowest BCUT2D eigenvalue weighted by atomic mass is 10.0. The number of ether oxygens (including phenoxy) is 1. The quantitative estimate of drug-likeness (QED) is 0.870. The number of aromatic nitrogens is 3. The standard InChI is InChI=1S/C18H22FN5O2/c19-15-4-2-1-3-13(15)9-20-18(25)6-8-23-7-5-17-16(11-23)24-14(12-26-17)10-21-22-24/h1-4,10,16-17H,5-9,11-12H2,(H,20,25). The van der Waals surface area contributed by atoms with E-state index < -0.39 is 0 Å². The molecule has 3 heterocycles. The van der Waals surface area contributed by atoms with Crippen LogP contribution < -0.4 is 5.32 Å². The van der Waals surface area contributed by atoms with E-state index in [1.54, 1.807) is 24.4 Å². The molecule has 2 aliphatic rings. The lowest BCUT2D eigenvalue weighted by Gasteiger charge is -2.40. The van der Waals surface area contributed by atoms with Crippen molar-refractivity contribution in [2.24, 2.45) is 0 Å². The van der Waals surface area contributed by atoms with Gasteiger partial charge in [-0.2, -0.15) is 0 Å². The van der Waals surface area contributed by atoms with Gasteiger partial charge in [-0.3, -0.25) is 4.79 Å². The maximum absolute atomic E-state index is 13.6. The van der Waals surface area contributed by atoms with Gasteiger partial charge < -0.3 is 15.0 Å². The Bertz CT molecular complexity index is 780. The molecular weight excluding hydrogens is 337 g/mol. The van der Waals surface area contributed by atoms with Gasteiger partial charge in [-0.15, -0.1) is 5.10 Å². The number of carbonyl (C=O) groups is 1. The van der Waals surface area contributed by atoms with Crippen LogP contribution in [0.4, 0.5) is 4.39 Å². The highest BCUT2D eigenvalue weighted by atomic mass is 19.1. The average Bonchev–Trinajstić information content (AvgIpc) is 3.15. The number of amides is 1. The van der Waals surface area contributed by atoms with E-state index in [1.165, 1.54) is 6.07 Å². The first kappa shape index (κ1) is 17.1. The predicted octanol–water partition coefficient (Wildman–Crippen LogP) is 1.27. The summed E-state index contributed by atoms with van der Waals surface area (Å²) in [5.74, 6) is -0.368. The molecule has 8 heteroatoms. The molecule has 1 fully saturated rings. The molecule has 7 nitrogen and oxygen atoms in total. The third-order valence-electron chi connectivity index (χ3n) is 5.10. The molecule has 4 rings (SSSR count). The molecule has 2 aliphatic heterocycles. The first-order valence-electron chi connectivity index (χ1n) is 8.94.